The first-order valence-electron chi connectivity index (χ1n) is 6.75. The van der Waals surface area contributed by atoms with Crippen molar-refractivity contribution in [2.45, 2.75) is 52.4 Å². The van der Waals surface area contributed by atoms with E-state index < -0.39 is 0 Å². The first-order valence-corrected chi connectivity index (χ1v) is 6.75. The van der Waals surface area contributed by atoms with Crippen LogP contribution in [-0.4, -0.2) is 36.0 Å². The molecule has 0 radical (unpaired) electrons. The van der Waals surface area contributed by atoms with Crippen LogP contribution in [-0.2, 0) is 19.6 Å². The van der Waals surface area contributed by atoms with E-state index in [2.05, 4.69) is 39.8 Å². The van der Waals surface area contributed by atoms with Crippen LogP contribution >= 0.6 is 0 Å². The van der Waals surface area contributed by atoms with Crippen molar-refractivity contribution in [3.8, 4) is 0 Å². The molecule has 0 aliphatic heterocycles. The summed E-state index contributed by atoms with van der Waals surface area (Å²) in [6, 6.07) is 2.24. The highest BCUT2D eigenvalue weighted by Crippen LogP contribution is 1.98. The molecule has 2 heterocycles. The number of hydrogen-bond acceptors (Lipinski definition) is 5. The predicted molar refractivity (Wildman–Crippen MR) is 71.3 cm³/mol. The van der Waals surface area contributed by atoms with Crippen molar-refractivity contribution >= 4 is 0 Å². The molecule has 0 fully saturated rings. The molecule has 2 aromatic rings. The minimum Gasteiger partial charge on any atom is -0.305 e. The minimum absolute atomic E-state index is 0.316. The molecule has 7 heteroatoms. The Labute approximate surface area is 113 Å². The molecule has 19 heavy (non-hydrogen) atoms. The molecule has 0 saturated carbocycles. The Morgan fingerprint density at radius 3 is 3.05 bits per heavy atom. The maximum absolute atomic E-state index is 4.19. The Bertz CT molecular complexity index is 462. The van der Waals surface area contributed by atoms with Crippen molar-refractivity contribution in [1.29, 1.82) is 0 Å². The summed E-state index contributed by atoms with van der Waals surface area (Å²) in [7, 11) is 0. The summed E-state index contributed by atoms with van der Waals surface area (Å²) in [5.74, 6) is 0.890. The van der Waals surface area contributed by atoms with Gasteiger partial charge in [-0.2, -0.15) is 5.10 Å². The van der Waals surface area contributed by atoms with Crippen molar-refractivity contribution in [3.63, 3.8) is 0 Å². The van der Waals surface area contributed by atoms with E-state index in [4.69, 9.17) is 0 Å². The van der Waals surface area contributed by atoms with Crippen molar-refractivity contribution in [3.05, 3.63) is 24.3 Å². The quantitative estimate of drug-likeness (QED) is 0.764. The number of aromatic nitrogens is 6. The number of unbranched alkanes of at least 4 members (excludes halogenated alkanes) is 1. The number of nitrogens with one attached hydrogen (secondary N) is 1. The van der Waals surface area contributed by atoms with Gasteiger partial charge in [0, 0.05) is 25.0 Å². The Kier molecular flexibility index (Phi) is 5.02. The summed E-state index contributed by atoms with van der Waals surface area (Å²) in [6.45, 7) is 6.69. The van der Waals surface area contributed by atoms with Gasteiger partial charge in [-0.15, -0.1) is 5.10 Å². The lowest BCUT2D eigenvalue weighted by Crippen LogP contribution is -2.31. The van der Waals surface area contributed by atoms with E-state index in [1.54, 1.807) is 6.20 Å². The number of rotatable bonds is 8. The van der Waals surface area contributed by atoms with Gasteiger partial charge >= 0.3 is 0 Å². The number of aryl methyl sites for hydroxylation is 1. The molecule has 2 aromatic heterocycles. The first kappa shape index (κ1) is 13.7. The summed E-state index contributed by atoms with van der Waals surface area (Å²) in [4.78, 5) is 0. The highest BCUT2D eigenvalue weighted by molar-refractivity contribution is 4.82. The molecule has 1 N–H and O–H groups in total. The van der Waals surface area contributed by atoms with Gasteiger partial charge in [0.25, 0.3) is 0 Å². The maximum atomic E-state index is 4.19. The van der Waals surface area contributed by atoms with Crippen molar-refractivity contribution in [2.75, 3.05) is 0 Å². The minimum atomic E-state index is 0.316. The zero-order valence-electron chi connectivity index (χ0n) is 11.5. The van der Waals surface area contributed by atoms with Gasteiger partial charge in [-0.25, -0.2) is 4.68 Å². The zero-order valence-corrected chi connectivity index (χ0v) is 11.5. The van der Waals surface area contributed by atoms with Crippen LogP contribution in [0.1, 0.15) is 32.5 Å². The topological polar surface area (TPSA) is 73.5 Å². The molecule has 0 saturated heterocycles. The molecule has 0 amide bonds. The molecular weight excluding hydrogens is 242 g/mol. The molecular formula is C12H21N7. The molecule has 0 aliphatic carbocycles. The van der Waals surface area contributed by atoms with Crippen LogP contribution in [0, 0.1) is 0 Å². The van der Waals surface area contributed by atoms with E-state index in [1.165, 1.54) is 0 Å². The Morgan fingerprint density at radius 2 is 2.32 bits per heavy atom. The molecule has 7 nitrogen and oxygen atoms in total. The molecule has 104 valence electrons. The van der Waals surface area contributed by atoms with Crippen molar-refractivity contribution in [1.82, 2.24) is 35.3 Å². The maximum Gasteiger partial charge on any atom is 0.165 e. The van der Waals surface area contributed by atoms with Gasteiger partial charge in [-0.05, 0) is 29.8 Å². The number of tetrazole rings is 1. The predicted octanol–water partition coefficient (Wildman–Crippen LogP) is 0.848. The summed E-state index contributed by atoms with van der Waals surface area (Å²) >= 11 is 0. The normalized spacial score (nSPS) is 12.7. The van der Waals surface area contributed by atoms with Gasteiger partial charge in [0.05, 0.1) is 13.1 Å². The summed E-state index contributed by atoms with van der Waals surface area (Å²) in [6.07, 6.45) is 5.99. The highest BCUT2D eigenvalue weighted by Gasteiger charge is 2.08. The second-order valence-corrected chi connectivity index (χ2v) is 4.68. The lowest BCUT2D eigenvalue weighted by Gasteiger charge is -2.13. The molecule has 0 bridgehead atoms. The van der Waals surface area contributed by atoms with Crippen molar-refractivity contribution < 1.29 is 0 Å². The van der Waals surface area contributed by atoms with Crippen LogP contribution in [0.2, 0.25) is 0 Å². The van der Waals surface area contributed by atoms with Crippen LogP contribution < -0.4 is 5.32 Å². The SMILES string of the molecule is CCCCn1nnnc1CNC(C)Cn1cccn1. The van der Waals surface area contributed by atoms with Gasteiger partial charge in [0.2, 0.25) is 0 Å². The van der Waals surface area contributed by atoms with Crippen LogP contribution in [0.5, 0.6) is 0 Å². The van der Waals surface area contributed by atoms with Gasteiger partial charge in [-0.3, -0.25) is 4.68 Å². The van der Waals surface area contributed by atoms with Gasteiger partial charge < -0.3 is 5.32 Å². The van der Waals surface area contributed by atoms with Crippen LogP contribution in [0.25, 0.3) is 0 Å². The largest absolute Gasteiger partial charge is 0.305 e. The second-order valence-electron chi connectivity index (χ2n) is 4.68. The fraction of sp³-hybridized carbons (Fsp3) is 0.667. The van der Waals surface area contributed by atoms with E-state index in [-0.39, 0.29) is 0 Å². The average molecular weight is 263 g/mol. The van der Waals surface area contributed by atoms with Crippen molar-refractivity contribution in [2.24, 2.45) is 0 Å². The monoisotopic (exact) mass is 263 g/mol. The molecule has 1 atom stereocenters. The zero-order chi connectivity index (χ0) is 13.5. The van der Waals surface area contributed by atoms with E-state index in [1.807, 2.05) is 21.6 Å². The standard InChI is InChI=1S/C12H21N7/c1-3-4-8-19-12(15-16-17-19)9-13-11(2)10-18-7-5-6-14-18/h5-7,11,13H,3-4,8-10H2,1-2H3. The fourth-order valence-corrected chi connectivity index (χ4v) is 1.85. The second kappa shape index (κ2) is 6.98. The van der Waals surface area contributed by atoms with E-state index in [0.717, 1.165) is 31.8 Å². The van der Waals surface area contributed by atoms with Gasteiger partial charge in [0.15, 0.2) is 5.82 Å². The fourth-order valence-electron chi connectivity index (χ4n) is 1.85. The molecule has 0 spiro atoms. The van der Waals surface area contributed by atoms with Crippen LogP contribution in [0.4, 0.5) is 0 Å². The van der Waals surface area contributed by atoms with Crippen LogP contribution in [0.3, 0.4) is 0 Å². The third-order valence-electron chi connectivity index (χ3n) is 2.96. The van der Waals surface area contributed by atoms with Gasteiger partial charge in [-0.1, -0.05) is 13.3 Å². The highest BCUT2D eigenvalue weighted by atomic mass is 15.5. The Balaban J connectivity index is 1.79. The molecule has 2 rings (SSSR count). The third kappa shape index (κ3) is 4.13. The molecule has 0 aromatic carbocycles. The number of nitrogens with zero attached hydrogens (tertiary/aromatic N) is 6. The summed E-state index contributed by atoms with van der Waals surface area (Å²) in [5.41, 5.74) is 0. The third-order valence-corrected chi connectivity index (χ3v) is 2.96. The van der Waals surface area contributed by atoms with E-state index >= 15 is 0 Å². The lowest BCUT2D eigenvalue weighted by atomic mass is 10.3. The first-order chi connectivity index (χ1) is 9.29. The lowest BCUT2D eigenvalue weighted by molar-refractivity contribution is 0.433. The number of hydrogen-bond donors (Lipinski definition) is 1. The Morgan fingerprint density at radius 1 is 1.42 bits per heavy atom. The van der Waals surface area contributed by atoms with Crippen LogP contribution in [0.15, 0.2) is 18.5 Å². The Hall–Kier alpha value is -1.76. The van der Waals surface area contributed by atoms with E-state index in [0.29, 0.717) is 12.6 Å². The molecule has 1 unspecified atom stereocenters. The van der Waals surface area contributed by atoms with E-state index in [9.17, 15) is 0 Å². The smallest absolute Gasteiger partial charge is 0.165 e. The summed E-state index contributed by atoms with van der Waals surface area (Å²) < 4.78 is 3.79. The summed E-state index contributed by atoms with van der Waals surface area (Å²) in [5, 5.41) is 19.4. The average Bonchev–Trinajstić information content (AvgIpc) is 3.05. The van der Waals surface area contributed by atoms with Gasteiger partial charge in [0.1, 0.15) is 0 Å². The molecule has 0 aliphatic rings.